The zero-order valence-electron chi connectivity index (χ0n) is 10.0. The first-order valence-corrected chi connectivity index (χ1v) is 5.11. The van der Waals surface area contributed by atoms with Crippen molar-refractivity contribution in [3.8, 4) is 0 Å². The van der Waals surface area contributed by atoms with Gasteiger partial charge in [0.15, 0.2) is 6.10 Å². The van der Waals surface area contributed by atoms with Gasteiger partial charge in [0.2, 0.25) is 0 Å². The molecule has 0 aliphatic rings. The van der Waals surface area contributed by atoms with Crippen molar-refractivity contribution < 1.29 is 19.2 Å². The second kappa shape index (κ2) is 6.08. The number of methoxy groups -OCH3 is 2. The Labute approximate surface area is 104 Å². The summed E-state index contributed by atoms with van der Waals surface area (Å²) >= 11 is 0. The maximum atomic E-state index is 11.4. The van der Waals surface area contributed by atoms with Crippen LogP contribution in [-0.2, 0) is 14.3 Å². The highest BCUT2D eigenvalue weighted by Gasteiger charge is 2.27. The molecular formula is C11H14N2O5. The molecule has 0 unspecified atom stereocenters. The molecule has 0 saturated heterocycles. The number of nitrogens with two attached hydrogens (primary N) is 1. The van der Waals surface area contributed by atoms with E-state index in [4.69, 9.17) is 10.5 Å². The van der Waals surface area contributed by atoms with Crippen molar-refractivity contribution in [3.63, 3.8) is 0 Å². The lowest BCUT2D eigenvalue weighted by molar-refractivity contribution is -0.384. The second-order valence-corrected chi connectivity index (χ2v) is 3.55. The minimum absolute atomic E-state index is 0.0435. The molecule has 2 atom stereocenters. The van der Waals surface area contributed by atoms with Crippen molar-refractivity contribution >= 4 is 11.7 Å². The number of esters is 1. The zero-order chi connectivity index (χ0) is 13.7. The fourth-order valence-electron chi connectivity index (χ4n) is 1.50. The number of nitro groups is 1. The molecular weight excluding hydrogens is 240 g/mol. The number of hydrogen-bond donors (Lipinski definition) is 1. The lowest BCUT2D eigenvalue weighted by atomic mass is 10.0. The van der Waals surface area contributed by atoms with Crippen LogP contribution in [0.2, 0.25) is 0 Å². The molecule has 0 saturated carbocycles. The number of nitrogens with zero attached hydrogens (tertiary/aromatic N) is 1. The van der Waals surface area contributed by atoms with Crippen LogP contribution in [0, 0.1) is 10.1 Å². The van der Waals surface area contributed by atoms with Crippen molar-refractivity contribution in [2.45, 2.75) is 12.1 Å². The molecule has 0 amide bonds. The fourth-order valence-corrected chi connectivity index (χ4v) is 1.50. The van der Waals surface area contributed by atoms with Gasteiger partial charge in [0.1, 0.15) is 0 Å². The molecule has 0 heterocycles. The maximum Gasteiger partial charge on any atom is 0.336 e. The van der Waals surface area contributed by atoms with Gasteiger partial charge in [-0.05, 0) is 5.56 Å². The second-order valence-electron chi connectivity index (χ2n) is 3.55. The van der Waals surface area contributed by atoms with Gasteiger partial charge >= 0.3 is 5.97 Å². The lowest BCUT2D eigenvalue weighted by Gasteiger charge is -2.20. The molecule has 98 valence electrons. The predicted octanol–water partition coefficient (Wildman–Crippen LogP) is 0.783. The predicted molar refractivity (Wildman–Crippen MR) is 62.8 cm³/mol. The first-order chi connectivity index (χ1) is 8.51. The van der Waals surface area contributed by atoms with E-state index in [1.165, 1.54) is 38.5 Å². The Bertz CT molecular complexity index is 432. The van der Waals surface area contributed by atoms with Crippen LogP contribution in [0.25, 0.3) is 0 Å². The van der Waals surface area contributed by atoms with Gasteiger partial charge < -0.3 is 15.2 Å². The average molecular weight is 254 g/mol. The van der Waals surface area contributed by atoms with E-state index in [2.05, 4.69) is 4.74 Å². The number of carbonyl (C=O) groups excluding carboxylic acids is 1. The van der Waals surface area contributed by atoms with E-state index >= 15 is 0 Å². The summed E-state index contributed by atoms with van der Waals surface area (Å²) in [6.45, 7) is 0. The molecule has 0 aliphatic heterocycles. The quantitative estimate of drug-likeness (QED) is 0.473. The summed E-state index contributed by atoms with van der Waals surface area (Å²) in [5.41, 5.74) is 6.37. The molecule has 0 spiro atoms. The SMILES string of the molecule is COC(=O)[C@@H](OC)[C@@H](N)c1ccc([N+](=O)[O-])cc1. The summed E-state index contributed by atoms with van der Waals surface area (Å²) in [6, 6.07) is 4.86. The third-order valence-electron chi connectivity index (χ3n) is 2.50. The van der Waals surface area contributed by atoms with Crippen molar-refractivity contribution in [2.75, 3.05) is 14.2 Å². The molecule has 7 nitrogen and oxygen atoms in total. The van der Waals surface area contributed by atoms with Gasteiger partial charge in [-0.2, -0.15) is 0 Å². The minimum atomic E-state index is -0.948. The fraction of sp³-hybridized carbons (Fsp3) is 0.364. The first-order valence-electron chi connectivity index (χ1n) is 5.11. The monoisotopic (exact) mass is 254 g/mol. The number of rotatable bonds is 5. The van der Waals surface area contributed by atoms with Gasteiger partial charge in [0.25, 0.3) is 5.69 Å². The van der Waals surface area contributed by atoms with Crippen LogP contribution >= 0.6 is 0 Å². The summed E-state index contributed by atoms with van der Waals surface area (Å²) in [5.74, 6) is -0.594. The highest BCUT2D eigenvalue weighted by atomic mass is 16.6. The van der Waals surface area contributed by atoms with E-state index in [9.17, 15) is 14.9 Å². The first kappa shape index (κ1) is 14.1. The Kier molecular flexibility index (Phi) is 4.75. The molecule has 0 radical (unpaired) electrons. The molecule has 0 aliphatic carbocycles. The van der Waals surface area contributed by atoms with E-state index in [-0.39, 0.29) is 5.69 Å². The standard InChI is InChI=1S/C11H14N2O5/c1-17-10(11(14)18-2)9(12)7-3-5-8(6-4-7)13(15)16/h3-6,9-10H,12H2,1-2H3/t9-,10-/m0/s1. The summed E-state index contributed by atoms with van der Waals surface area (Å²) in [6.07, 6.45) is -0.948. The van der Waals surface area contributed by atoms with Crippen LogP contribution < -0.4 is 5.73 Å². The number of non-ortho nitro benzene ring substituents is 1. The Morgan fingerprint density at radius 3 is 2.28 bits per heavy atom. The highest BCUT2D eigenvalue weighted by Crippen LogP contribution is 2.20. The topological polar surface area (TPSA) is 105 Å². The van der Waals surface area contributed by atoms with Crippen LogP contribution in [0.1, 0.15) is 11.6 Å². The van der Waals surface area contributed by atoms with E-state index in [1.807, 2.05) is 0 Å². The number of hydrogen-bond acceptors (Lipinski definition) is 6. The van der Waals surface area contributed by atoms with Crippen LogP contribution in [-0.4, -0.2) is 31.2 Å². The molecule has 1 aromatic rings. The minimum Gasteiger partial charge on any atom is -0.467 e. The van der Waals surface area contributed by atoms with Gasteiger partial charge in [0, 0.05) is 19.2 Å². The highest BCUT2D eigenvalue weighted by molar-refractivity contribution is 5.75. The third-order valence-corrected chi connectivity index (χ3v) is 2.50. The molecule has 18 heavy (non-hydrogen) atoms. The van der Waals surface area contributed by atoms with Gasteiger partial charge in [-0.1, -0.05) is 12.1 Å². The van der Waals surface area contributed by atoms with Crippen LogP contribution in [0.3, 0.4) is 0 Å². The Balaban J connectivity index is 2.91. The van der Waals surface area contributed by atoms with Crippen molar-refractivity contribution in [3.05, 3.63) is 39.9 Å². The van der Waals surface area contributed by atoms with Crippen LogP contribution in [0.15, 0.2) is 24.3 Å². The van der Waals surface area contributed by atoms with Crippen LogP contribution in [0.4, 0.5) is 5.69 Å². The smallest absolute Gasteiger partial charge is 0.336 e. The average Bonchev–Trinajstić information content (AvgIpc) is 2.39. The molecule has 0 aromatic heterocycles. The summed E-state index contributed by atoms with van der Waals surface area (Å²) in [7, 11) is 2.57. The van der Waals surface area contributed by atoms with Crippen LogP contribution in [0.5, 0.6) is 0 Å². The van der Waals surface area contributed by atoms with Crippen molar-refractivity contribution in [1.82, 2.24) is 0 Å². The summed E-state index contributed by atoms with van der Waals surface area (Å²) < 4.78 is 9.52. The third kappa shape index (κ3) is 3.02. The number of carbonyl (C=O) groups is 1. The van der Waals surface area contributed by atoms with E-state index in [0.717, 1.165) is 0 Å². The van der Waals surface area contributed by atoms with Crippen molar-refractivity contribution in [1.29, 1.82) is 0 Å². The molecule has 0 fully saturated rings. The molecule has 1 rings (SSSR count). The Morgan fingerprint density at radius 1 is 1.33 bits per heavy atom. The summed E-state index contributed by atoms with van der Waals surface area (Å²) in [4.78, 5) is 21.4. The van der Waals surface area contributed by atoms with Crippen molar-refractivity contribution in [2.24, 2.45) is 5.73 Å². The molecule has 7 heteroatoms. The van der Waals surface area contributed by atoms with Gasteiger partial charge in [-0.25, -0.2) is 4.79 Å². The van der Waals surface area contributed by atoms with Gasteiger partial charge in [-0.3, -0.25) is 10.1 Å². The van der Waals surface area contributed by atoms with E-state index in [0.29, 0.717) is 5.56 Å². The largest absolute Gasteiger partial charge is 0.467 e. The molecule has 1 aromatic carbocycles. The Morgan fingerprint density at radius 2 is 1.89 bits per heavy atom. The van der Waals surface area contributed by atoms with E-state index < -0.39 is 23.0 Å². The lowest BCUT2D eigenvalue weighted by Crippen LogP contribution is -2.36. The molecule has 2 N–H and O–H groups in total. The van der Waals surface area contributed by atoms with Gasteiger partial charge in [-0.15, -0.1) is 0 Å². The zero-order valence-corrected chi connectivity index (χ0v) is 10.0. The summed E-state index contributed by atoms with van der Waals surface area (Å²) in [5, 5.41) is 10.5. The number of nitro benzene ring substituents is 1. The number of ether oxygens (including phenoxy) is 2. The maximum absolute atomic E-state index is 11.4. The Hall–Kier alpha value is -1.99. The normalized spacial score (nSPS) is 13.7. The van der Waals surface area contributed by atoms with E-state index in [1.54, 1.807) is 0 Å². The molecule has 0 bridgehead atoms. The number of benzene rings is 1. The van der Waals surface area contributed by atoms with Gasteiger partial charge in [0.05, 0.1) is 18.1 Å².